The summed E-state index contributed by atoms with van der Waals surface area (Å²) < 4.78 is 0. The largest absolute Gasteiger partial charge is 0.339 e. The Kier molecular flexibility index (Phi) is 5.49. The van der Waals surface area contributed by atoms with E-state index in [4.69, 9.17) is 11.6 Å². The number of carbonyl (C=O) groups excluding carboxylic acids is 1. The number of nitrogens with one attached hydrogen (secondary N) is 1. The molecule has 3 aromatic rings. The minimum Gasteiger partial charge on any atom is -0.339 e. The van der Waals surface area contributed by atoms with E-state index in [9.17, 15) is 4.79 Å². The number of carbonyl (C=O) groups is 1. The number of para-hydroxylation sites is 1. The fourth-order valence-corrected chi connectivity index (χ4v) is 2.73. The molecule has 1 N–H and O–H groups in total. The zero-order valence-corrected chi connectivity index (χ0v) is 15.4. The first-order valence-electron chi connectivity index (χ1n) is 8.30. The van der Waals surface area contributed by atoms with Gasteiger partial charge >= 0.3 is 0 Å². The number of benzene rings is 2. The summed E-state index contributed by atoms with van der Waals surface area (Å²) in [5.74, 6) is 0.367. The van der Waals surface area contributed by atoms with Crippen LogP contribution in [-0.2, 0) is 0 Å². The lowest BCUT2D eigenvalue weighted by atomic mass is 10.2. The lowest BCUT2D eigenvalue weighted by molar-refractivity contribution is 0.0983. The van der Waals surface area contributed by atoms with Crippen LogP contribution in [0.3, 0.4) is 0 Å². The topological polar surface area (TPSA) is 58.1 Å². The maximum Gasteiger partial charge on any atom is 0.278 e. The van der Waals surface area contributed by atoms with E-state index >= 15 is 0 Å². The Morgan fingerprint density at radius 1 is 1.12 bits per heavy atom. The van der Waals surface area contributed by atoms with Crippen LogP contribution in [0.5, 0.6) is 0 Å². The van der Waals surface area contributed by atoms with Crippen LogP contribution < -0.4 is 10.2 Å². The van der Waals surface area contributed by atoms with Gasteiger partial charge in [0.05, 0.1) is 12.4 Å². The van der Waals surface area contributed by atoms with Crippen LogP contribution in [-0.4, -0.2) is 22.4 Å². The van der Waals surface area contributed by atoms with Crippen LogP contribution in [0.25, 0.3) is 0 Å². The lowest BCUT2D eigenvalue weighted by Gasteiger charge is -2.20. The van der Waals surface area contributed by atoms with Gasteiger partial charge in [-0.1, -0.05) is 35.9 Å². The van der Waals surface area contributed by atoms with Crippen molar-refractivity contribution >= 4 is 34.7 Å². The van der Waals surface area contributed by atoms with Gasteiger partial charge in [-0.25, -0.2) is 9.97 Å². The number of anilines is 3. The quantitative estimate of drug-likeness (QED) is 0.701. The normalized spacial score (nSPS) is 10.4. The maximum atomic E-state index is 12.7. The van der Waals surface area contributed by atoms with Crippen LogP contribution >= 0.6 is 11.6 Å². The SMILES string of the molecule is CCN(C(=O)c1cnc(Nc2cc(Cl)ccc2C)cn1)c1ccccc1. The second-order valence-electron chi connectivity index (χ2n) is 5.76. The highest BCUT2D eigenvalue weighted by Gasteiger charge is 2.17. The number of nitrogens with zero attached hydrogens (tertiary/aromatic N) is 3. The van der Waals surface area contributed by atoms with Crippen molar-refractivity contribution in [3.05, 3.63) is 77.2 Å². The molecule has 0 radical (unpaired) electrons. The molecule has 0 atom stereocenters. The van der Waals surface area contributed by atoms with Crippen molar-refractivity contribution in [2.45, 2.75) is 13.8 Å². The van der Waals surface area contributed by atoms with Gasteiger partial charge in [0.1, 0.15) is 11.5 Å². The first-order chi connectivity index (χ1) is 12.6. The summed E-state index contributed by atoms with van der Waals surface area (Å²) in [6.07, 6.45) is 3.03. The molecule has 0 unspecified atom stereocenters. The average Bonchev–Trinajstić information content (AvgIpc) is 2.67. The third kappa shape index (κ3) is 4.00. The second kappa shape index (κ2) is 7.97. The van der Waals surface area contributed by atoms with Crippen LogP contribution in [0, 0.1) is 6.92 Å². The number of hydrogen-bond acceptors (Lipinski definition) is 4. The summed E-state index contributed by atoms with van der Waals surface area (Å²) in [4.78, 5) is 23.0. The number of aromatic nitrogens is 2. The number of aryl methyl sites for hydroxylation is 1. The second-order valence-corrected chi connectivity index (χ2v) is 6.19. The standard InChI is InChI=1S/C20H19ClN4O/c1-3-25(16-7-5-4-6-8-16)20(26)18-12-23-19(13-22-18)24-17-11-15(21)10-9-14(17)2/h4-13H,3H2,1-2H3,(H,23,24). The number of amides is 1. The summed E-state index contributed by atoms with van der Waals surface area (Å²) in [5, 5.41) is 3.81. The van der Waals surface area contributed by atoms with Crippen molar-refractivity contribution in [3.8, 4) is 0 Å². The van der Waals surface area contributed by atoms with E-state index in [1.165, 1.54) is 6.20 Å². The molecule has 2 aromatic carbocycles. The van der Waals surface area contributed by atoms with Crippen LogP contribution in [0.1, 0.15) is 23.0 Å². The molecule has 0 aliphatic heterocycles. The highest BCUT2D eigenvalue weighted by atomic mass is 35.5. The highest BCUT2D eigenvalue weighted by molar-refractivity contribution is 6.30. The van der Waals surface area contributed by atoms with Gasteiger partial charge in [0, 0.05) is 22.9 Å². The van der Waals surface area contributed by atoms with Crippen molar-refractivity contribution in [2.24, 2.45) is 0 Å². The van der Waals surface area contributed by atoms with Crippen LogP contribution in [0.2, 0.25) is 5.02 Å². The molecule has 0 aliphatic rings. The molecule has 0 aliphatic carbocycles. The zero-order chi connectivity index (χ0) is 18.5. The molecule has 5 nitrogen and oxygen atoms in total. The molecule has 6 heteroatoms. The monoisotopic (exact) mass is 366 g/mol. The first kappa shape index (κ1) is 17.9. The molecular weight excluding hydrogens is 348 g/mol. The molecule has 0 saturated heterocycles. The van der Waals surface area contributed by atoms with Gasteiger partial charge < -0.3 is 10.2 Å². The molecule has 1 aromatic heterocycles. The Morgan fingerprint density at radius 2 is 1.88 bits per heavy atom. The van der Waals surface area contributed by atoms with E-state index in [-0.39, 0.29) is 5.91 Å². The summed E-state index contributed by atoms with van der Waals surface area (Å²) in [6.45, 7) is 4.45. The van der Waals surface area contributed by atoms with Gasteiger partial charge in [-0.2, -0.15) is 0 Å². The zero-order valence-electron chi connectivity index (χ0n) is 14.6. The lowest BCUT2D eigenvalue weighted by Crippen LogP contribution is -2.31. The Balaban J connectivity index is 1.78. The predicted octanol–water partition coefficient (Wildman–Crippen LogP) is 4.85. The van der Waals surface area contributed by atoms with Crippen LogP contribution in [0.15, 0.2) is 60.9 Å². The van der Waals surface area contributed by atoms with Gasteiger partial charge in [-0.05, 0) is 43.7 Å². The molecule has 132 valence electrons. The van der Waals surface area contributed by atoms with Gasteiger partial charge in [0.15, 0.2) is 0 Å². The number of halogens is 1. The minimum atomic E-state index is -0.184. The van der Waals surface area contributed by atoms with Crippen molar-refractivity contribution in [1.29, 1.82) is 0 Å². The first-order valence-corrected chi connectivity index (χ1v) is 8.68. The molecule has 0 spiro atoms. The van der Waals surface area contributed by atoms with E-state index in [1.54, 1.807) is 11.1 Å². The van der Waals surface area contributed by atoms with Crippen molar-refractivity contribution < 1.29 is 4.79 Å². The fraction of sp³-hybridized carbons (Fsp3) is 0.150. The Hall–Kier alpha value is -2.92. The third-order valence-corrected chi connectivity index (χ3v) is 4.20. The van der Waals surface area contributed by atoms with Crippen molar-refractivity contribution in [1.82, 2.24) is 9.97 Å². The molecule has 0 fully saturated rings. The van der Waals surface area contributed by atoms with Crippen LogP contribution in [0.4, 0.5) is 17.2 Å². The van der Waals surface area contributed by atoms with E-state index in [0.29, 0.717) is 23.1 Å². The van der Waals surface area contributed by atoms with Crippen molar-refractivity contribution in [3.63, 3.8) is 0 Å². The van der Waals surface area contributed by atoms with E-state index in [1.807, 2.05) is 62.4 Å². The Morgan fingerprint density at radius 3 is 2.54 bits per heavy atom. The van der Waals surface area contributed by atoms with Gasteiger partial charge in [0.2, 0.25) is 0 Å². The molecule has 0 bridgehead atoms. The minimum absolute atomic E-state index is 0.184. The van der Waals surface area contributed by atoms with Gasteiger partial charge in [0.25, 0.3) is 5.91 Å². The maximum absolute atomic E-state index is 12.7. The Bertz CT molecular complexity index is 897. The predicted molar refractivity (Wildman–Crippen MR) is 105 cm³/mol. The van der Waals surface area contributed by atoms with Gasteiger partial charge in [-0.3, -0.25) is 4.79 Å². The summed E-state index contributed by atoms with van der Waals surface area (Å²) >= 11 is 6.03. The smallest absolute Gasteiger partial charge is 0.278 e. The van der Waals surface area contributed by atoms with E-state index in [2.05, 4.69) is 15.3 Å². The van der Waals surface area contributed by atoms with Crippen molar-refractivity contribution in [2.75, 3.05) is 16.8 Å². The van der Waals surface area contributed by atoms with E-state index in [0.717, 1.165) is 16.9 Å². The van der Waals surface area contributed by atoms with Gasteiger partial charge in [-0.15, -0.1) is 0 Å². The summed E-state index contributed by atoms with van der Waals surface area (Å²) in [6, 6.07) is 15.1. The average molecular weight is 367 g/mol. The molecule has 3 rings (SSSR count). The number of hydrogen-bond donors (Lipinski definition) is 1. The van der Waals surface area contributed by atoms with E-state index < -0.39 is 0 Å². The molecule has 0 saturated carbocycles. The molecule has 1 heterocycles. The summed E-state index contributed by atoms with van der Waals surface area (Å²) in [5.41, 5.74) is 3.02. The molecular formula is C20H19ClN4O. The summed E-state index contributed by atoms with van der Waals surface area (Å²) in [7, 11) is 0. The Labute approximate surface area is 157 Å². The number of rotatable bonds is 5. The molecule has 26 heavy (non-hydrogen) atoms. The fourth-order valence-electron chi connectivity index (χ4n) is 2.56. The third-order valence-electron chi connectivity index (χ3n) is 3.96. The molecule has 1 amide bonds. The highest BCUT2D eigenvalue weighted by Crippen LogP contribution is 2.23.